The number of aliphatic hydroxyl groups excluding tert-OH is 1. The number of aliphatic hydroxyl groups is 1. The van der Waals surface area contributed by atoms with Crippen molar-refractivity contribution in [3.63, 3.8) is 0 Å². The van der Waals surface area contributed by atoms with E-state index in [1.807, 2.05) is 38.1 Å². The van der Waals surface area contributed by atoms with Crippen molar-refractivity contribution in [3.8, 4) is 0 Å². The van der Waals surface area contributed by atoms with Gasteiger partial charge in [-0.2, -0.15) is 0 Å². The fourth-order valence-corrected chi connectivity index (χ4v) is 5.86. The van der Waals surface area contributed by atoms with Gasteiger partial charge in [0.1, 0.15) is 4.90 Å². The summed E-state index contributed by atoms with van der Waals surface area (Å²) in [4.78, 5) is 0.766. The number of thiophene rings is 1. The third-order valence-electron chi connectivity index (χ3n) is 3.14. The van der Waals surface area contributed by atoms with Gasteiger partial charge in [-0.05, 0) is 47.0 Å². The molecule has 0 saturated carbocycles. The molecule has 0 aliphatic heterocycles. The quantitative estimate of drug-likeness (QED) is 0.823. The van der Waals surface area contributed by atoms with Crippen LogP contribution in [0, 0.1) is 6.92 Å². The van der Waals surface area contributed by atoms with Crippen molar-refractivity contribution < 1.29 is 13.5 Å². The topological polar surface area (TPSA) is 66.4 Å². The van der Waals surface area contributed by atoms with Crippen LogP contribution in [0.2, 0.25) is 0 Å². The first-order valence-electron chi connectivity index (χ1n) is 6.32. The molecule has 2 N–H and O–H groups in total. The molecule has 0 aliphatic carbocycles. The Morgan fingerprint density at radius 3 is 2.62 bits per heavy atom. The zero-order valence-corrected chi connectivity index (χ0v) is 14.8. The van der Waals surface area contributed by atoms with E-state index in [2.05, 4.69) is 20.7 Å². The van der Waals surface area contributed by atoms with Crippen molar-refractivity contribution in [3.05, 3.63) is 50.1 Å². The van der Waals surface area contributed by atoms with Gasteiger partial charge in [-0.15, -0.1) is 11.3 Å². The molecule has 0 aliphatic rings. The summed E-state index contributed by atoms with van der Waals surface area (Å²) in [6.07, 6.45) is 0. The zero-order valence-electron chi connectivity index (χ0n) is 11.6. The van der Waals surface area contributed by atoms with Crippen molar-refractivity contribution in [2.75, 3.05) is 0 Å². The van der Waals surface area contributed by atoms with Crippen LogP contribution in [0.3, 0.4) is 0 Å². The average Bonchev–Trinajstić information content (AvgIpc) is 2.81. The summed E-state index contributed by atoms with van der Waals surface area (Å²) in [6.45, 7) is 3.59. The zero-order chi connectivity index (χ0) is 15.6. The third-order valence-corrected chi connectivity index (χ3v) is 6.92. The van der Waals surface area contributed by atoms with E-state index in [-0.39, 0.29) is 17.5 Å². The lowest BCUT2D eigenvalue weighted by Crippen LogP contribution is -2.27. The molecule has 4 nitrogen and oxygen atoms in total. The maximum absolute atomic E-state index is 12.5. The minimum atomic E-state index is -3.64. The minimum absolute atomic E-state index is 0.164. The van der Waals surface area contributed by atoms with Gasteiger partial charge >= 0.3 is 0 Å². The lowest BCUT2D eigenvalue weighted by atomic mass is 10.0. The van der Waals surface area contributed by atoms with E-state index in [4.69, 9.17) is 5.11 Å². The Labute approximate surface area is 137 Å². The maximum atomic E-state index is 12.5. The van der Waals surface area contributed by atoms with E-state index in [1.54, 1.807) is 0 Å². The standard InChI is InChI=1S/C14H16BrNO3S2/c1-9-5-3-4-6-12(9)10(2)16-21(18,19)13-7-11(8-17)20-14(13)15/h3-7,10,16-17H,8H2,1-2H3. The number of sulfonamides is 1. The highest BCUT2D eigenvalue weighted by molar-refractivity contribution is 9.11. The minimum Gasteiger partial charge on any atom is -0.391 e. The Kier molecular flexibility index (Phi) is 5.21. The first-order chi connectivity index (χ1) is 9.85. The van der Waals surface area contributed by atoms with Crippen LogP contribution in [0.4, 0.5) is 0 Å². The van der Waals surface area contributed by atoms with E-state index in [1.165, 1.54) is 17.4 Å². The van der Waals surface area contributed by atoms with Gasteiger partial charge in [-0.1, -0.05) is 24.3 Å². The van der Waals surface area contributed by atoms with Crippen molar-refractivity contribution in [2.24, 2.45) is 0 Å². The molecule has 7 heteroatoms. The highest BCUT2D eigenvalue weighted by Crippen LogP contribution is 2.32. The second-order valence-corrected chi connectivity index (χ2v) is 8.85. The molecule has 0 fully saturated rings. The van der Waals surface area contributed by atoms with Gasteiger partial charge < -0.3 is 5.11 Å². The van der Waals surface area contributed by atoms with Crippen LogP contribution in [-0.4, -0.2) is 13.5 Å². The molecular formula is C14H16BrNO3S2. The first kappa shape index (κ1) is 16.6. The molecule has 2 aromatic rings. The number of nitrogens with one attached hydrogen (secondary N) is 1. The summed E-state index contributed by atoms with van der Waals surface area (Å²) in [5, 5.41) is 9.11. The van der Waals surface area contributed by atoms with Crippen molar-refractivity contribution >= 4 is 37.3 Å². The van der Waals surface area contributed by atoms with Crippen molar-refractivity contribution in [1.82, 2.24) is 4.72 Å². The number of benzene rings is 1. The van der Waals surface area contributed by atoms with E-state index in [0.29, 0.717) is 8.66 Å². The predicted octanol–water partition coefficient (Wildman–Crippen LogP) is 3.35. The highest BCUT2D eigenvalue weighted by atomic mass is 79.9. The van der Waals surface area contributed by atoms with E-state index in [0.717, 1.165) is 11.1 Å². The molecule has 0 amide bonds. The summed E-state index contributed by atoms with van der Waals surface area (Å²) in [7, 11) is -3.64. The molecule has 0 bridgehead atoms. The van der Waals surface area contributed by atoms with Gasteiger partial charge in [0.2, 0.25) is 10.0 Å². The second kappa shape index (κ2) is 6.58. The highest BCUT2D eigenvalue weighted by Gasteiger charge is 2.23. The van der Waals surface area contributed by atoms with Crippen LogP contribution in [0.25, 0.3) is 0 Å². The van der Waals surface area contributed by atoms with Crippen LogP contribution in [0.15, 0.2) is 39.0 Å². The molecule has 2 rings (SSSR count). The molecule has 1 aromatic carbocycles. The van der Waals surface area contributed by atoms with Crippen LogP contribution >= 0.6 is 27.3 Å². The normalized spacial score (nSPS) is 13.3. The maximum Gasteiger partial charge on any atom is 0.243 e. The molecular weight excluding hydrogens is 374 g/mol. The van der Waals surface area contributed by atoms with Gasteiger partial charge in [0.25, 0.3) is 0 Å². The molecule has 1 unspecified atom stereocenters. The number of aryl methyl sites for hydroxylation is 1. The smallest absolute Gasteiger partial charge is 0.243 e. The largest absolute Gasteiger partial charge is 0.391 e. The lowest BCUT2D eigenvalue weighted by molar-refractivity contribution is 0.285. The van der Waals surface area contributed by atoms with Crippen LogP contribution in [0.5, 0.6) is 0 Å². The van der Waals surface area contributed by atoms with Crippen molar-refractivity contribution in [2.45, 2.75) is 31.4 Å². The Morgan fingerprint density at radius 2 is 2.05 bits per heavy atom. The number of hydrogen-bond donors (Lipinski definition) is 2. The van der Waals surface area contributed by atoms with Gasteiger partial charge in [0.15, 0.2) is 0 Å². The molecule has 21 heavy (non-hydrogen) atoms. The molecule has 0 spiro atoms. The fourth-order valence-electron chi connectivity index (χ4n) is 2.09. The van der Waals surface area contributed by atoms with Crippen LogP contribution in [0.1, 0.15) is 29.0 Å². The monoisotopic (exact) mass is 389 g/mol. The second-order valence-electron chi connectivity index (χ2n) is 4.71. The fraction of sp³-hybridized carbons (Fsp3) is 0.286. The van der Waals surface area contributed by atoms with Gasteiger partial charge in [0, 0.05) is 10.9 Å². The molecule has 1 heterocycles. The van der Waals surface area contributed by atoms with Gasteiger partial charge in [-0.25, -0.2) is 13.1 Å². The summed E-state index contributed by atoms with van der Waals surface area (Å²) < 4.78 is 28.1. The Bertz CT molecular complexity index is 740. The molecule has 114 valence electrons. The SMILES string of the molecule is Cc1ccccc1C(C)NS(=O)(=O)c1cc(CO)sc1Br. The van der Waals surface area contributed by atoms with Crippen LogP contribution in [-0.2, 0) is 16.6 Å². The van der Waals surface area contributed by atoms with Gasteiger partial charge in [0.05, 0.1) is 10.4 Å². The average molecular weight is 390 g/mol. The van der Waals surface area contributed by atoms with E-state index >= 15 is 0 Å². The summed E-state index contributed by atoms with van der Waals surface area (Å²) in [5.41, 5.74) is 1.97. The molecule has 1 aromatic heterocycles. The summed E-state index contributed by atoms with van der Waals surface area (Å²) in [6, 6.07) is 8.82. The Hall–Kier alpha value is -0.730. The molecule has 0 saturated heterocycles. The number of rotatable bonds is 5. The van der Waals surface area contributed by atoms with Crippen LogP contribution < -0.4 is 4.72 Å². The lowest BCUT2D eigenvalue weighted by Gasteiger charge is -2.16. The summed E-state index contributed by atoms with van der Waals surface area (Å²) >= 11 is 4.46. The van der Waals surface area contributed by atoms with Gasteiger partial charge in [-0.3, -0.25) is 0 Å². The van der Waals surface area contributed by atoms with Crippen molar-refractivity contribution in [1.29, 1.82) is 0 Å². The van der Waals surface area contributed by atoms with E-state index in [9.17, 15) is 8.42 Å². The molecule has 0 radical (unpaired) electrons. The summed E-state index contributed by atoms with van der Waals surface area (Å²) in [5.74, 6) is 0. The first-order valence-corrected chi connectivity index (χ1v) is 9.41. The van der Waals surface area contributed by atoms with E-state index < -0.39 is 10.0 Å². The number of halogens is 1. The predicted molar refractivity (Wildman–Crippen MR) is 87.9 cm³/mol. The Morgan fingerprint density at radius 1 is 1.38 bits per heavy atom. The third kappa shape index (κ3) is 3.73. The Balaban J connectivity index is 2.29. The number of hydrogen-bond acceptors (Lipinski definition) is 4. The molecule has 1 atom stereocenters.